The summed E-state index contributed by atoms with van der Waals surface area (Å²) in [7, 11) is 1.68. The van der Waals surface area contributed by atoms with Gasteiger partial charge in [-0.15, -0.1) is 0 Å². The van der Waals surface area contributed by atoms with Crippen molar-refractivity contribution in [1.29, 1.82) is 0 Å². The van der Waals surface area contributed by atoms with Crippen LogP contribution in [0.25, 0.3) is 0 Å². The van der Waals surface area contributed by atoms with E-state index in [0.29, 0.717) is 25.2 Å². The molecular weight excluding hydrogens is 330 g/mol. The Morgan fingerprint density at radius 3 is 2.58 bits per heavy atom. The zero-order valence-corrected chi connectivity index (χ0v) is 15.9. The predicted molar refractivity (Wildman–Crippen MR) is 99.8 cm³/mol. The Balaban J connectivity index is 1.61. The molecule has 2 N–H and O–H groups in total. The summed E-state index contributed by atoms with van der Waals surface area (Å²) in [6.45, 7) is 6.42. The molecule has 2 saturated heterocycles. The van der Waals surface area contributed by atoms with E-state index >= 15 is 0 Å². The highest BCUT2D eigenvalue weighted by molar-refractivity contribution is 5.99. The molecule has 1 atom stereocenters. The molecular formula is C20H29N3O3. The molecule has 6 heteroatoms. The summed E-state index contributed by atoms with van der Waals surface area (Å²) in [6, 6.07) is 7.59. The Morgan fingerprint density at radius 1 is 1.23 bits per heavy atom. The minimum Gasteiger partial charge on any atom is -0.496 e. The highest BCUT2D eigenvalue weighted by Crippen LogP contribution is 2.28. The first-order valence-corrected chi connectivity index (χ1v) is 9.41. The van der Waals surface area contributed by atoms with Gasteiger partial charge in [-0.05, 0) is 31.2 Å². The number of nitrogens with one attached hydrogen (secondary N) is 2. The lowest BCUT2D eigenvalue weighted by atomic mass is 9.83. The number of piperazine rings is 1. The fraction of sp³-hybridized carbons (Fsp3) is 0.600. The maximum Gasteiger partial charge on any atom is 0.246 e. The Kier molecular flexibility index (Phi) is 5.51. The molecule has 0 saturated carbocycles. The topological polar surface area (TPSA) is 70.7 Å². The van der Waals surface area contributed by atoms with Crippen LogP contribution < -0.4 is 15.4 Å². The second-order valence-electron chi connectivity index (χ2n) is 7.81. The molecule has 6 nitrogen and oxygen atoms in total. The summed E-state index contributed by atoms with van der Waals surface area (Å²) >= 11 is 0. The number of methoxy groups -OCH3 is 1. The number of nitrogens with zero attached hydrogens (tertiary/aromatic N) is 1. The SMILES string of the molecule is COc1ccccc1CN1CCC2(CC1)NC(=O)C(CC(C)C)NC2=O. The van der Waals surface area contributed by atoms with Gasteiger partial charge in [0.1, 0.15) is 17.3 Å². The van der Waals surface area contributed by atoms with Gasteiger partial charge in [-0.3, -0.25) is 14.5 Å². The zero-order chi connectivity index (χ0) is 18.7. The van der Waals surface area contributed by atoms with E-state index in [4.69, 9.17) is 4.74 Å². The van der Waals surface area contributed by atoms with Crippen LogP contribution in [0.4, 0.5) is 0 Å². The first-order chi connectivity index (χ1) is 12.4. The average molecular weight is 359 g/mol. The number of rotatable bonds is 5. The zero-order valence-electron chi connectivity index (χ0n) is 15.9. The van der Waals surface area contributed by atoms with Crippen molar-refractivity contribution in [2.45, 2.75) is 51.2 Å². The number of likely N-dealkylation sites (tertiary alicyclic amines) is 1. The van der Waals surface area contributed by atoms with Crippen molar-refractivity contribution in [3.63, 3.8) is 0 Å². The van der Waals surface area contributed by atoms with E-state index in [0.717, 1.165) is 30.9 Å². The number of hydrogen-bond donors (Lipinski definition) is 2. The standard InChI is InChI=1S/C20H29N3O3/c1-14(2)12-16-18(24)22-20(19(25)21-16)8-10-23(11-9-20)13-15-6-4-5-7-17(15)26-3/h4-7,14,16H,8-13H2,1-3H3,(H,21,25)(H,22,24). The second kappa shape index (κ2) is 7.66. The molecule has 3 rings (SSSR count). The molecule has 1 spiro atoms. The number of carbonyl (C=O) groups is 2. The summed E-state index contributed by atoms with van der Waals surface area (Å²) in [5.41, 5.74) is 0.391. The lowest BCUT2D eigenvalue weighted by Gasteiger charge is -2.45. The van der Waals surface area contributed by atoms with Crippen LogP contribution in [0, 0.1) is 5.92 Å². The molecule has 2 aliphatic heterocycles. The molecule has 0 aromatic heterocycles. The predicted octanol–water partition coefficient (Wildman–Crippen LogP) is 1.69. The van der Waals surface area contributed by atoms with Crippen LogP contribution in [0.1, 0.15) is 38.7 Å². The van der Waals surface area contributed by atoms with Crippen LogP contribution in [0.2, 0.25) is 0 Å². The van der Waals surface area contributed by atoms with E-state index in [1.807, 2.05) is 18.2 Å². The maximum absolute atomic E-state index is 12.7. The van der Waals surface area contributed by atoms with Crippen molar-refractivity contribution in [3.05, 3.63) is 29.8 Å². The lowest BCUT2D eigenvalue weighted by Crippen LogP contribution is -2.71. The van der Waals surface area contributed by atoms with Crippen molar-refractivity contribution < 1.29 is 14.3 Å². The number of carbonyl (C=O) groups excluding carboxylic acids is 2. The Bertz CT molecular complexity index is 666. The summed E-state index contributed by atoms with van der Waals surface area (Å²) in [4.78, 5) is 27.5. The van der Waals surface area contributed by atoms with Gasteiger partial charge in [0.2, 0.25) is 11.8 Å². The number of hydrogen-bond acceptors (Lipinski definition) is 4. The van der Waals surface area contributed by atoms with Gasteiger partial charge in [-0.25, -0.2) is 0 Å². The number of amides is 2. The van der Waals surface area contributed by atoms with Crippen molar-refractivity contribution in [2.24, 2.45) is 5.92 Å². The van der Waals surface area contributed by atoms with Gasteiger partial charge >= 0.3 is 0 Å². The molecule has 1 unspecified atom stereocenters. The van der Waals surface area contributed by atoms with Crippen LogP contribution in [-0.2, 0) is 16.1 Å². The fourth-order valence-electron chi connectivity index (χ4n) is 3.90. The number of benzene rings is 1. The Morgan fingerprint density at radius 2 is 1.92 bits per heavy atom. The van der Waals surface area contributed by atoms with E-state index < -0.39 is 11.6 Å². The number of para-hydroxylation sites is 1. The van der Waals surface area contributed by atoms with E-state index in [1.165, 1.54) is 0 Å². The summed E-state index contributed by atoms with van der Waals surface area (Å²) in [5, 5.41) is 5.99. The minimum atomic E-state index is -0.748. The summed E-state index contributed by atoms with van der Waals surface area (Å²) in [5.74, 6) is 1.17. The van der Waals surface area contributed by atoms with E-state index in [1.54, 1.807) is 7.11 Å². The Labute approximate surface area is 155 Å². The molecule has 1 aromatic carbocycles. The third-order valence-electron chi connectivity index (χ3n) is 5.42. The molecule has 0 aliphatic carbocycles. The molecule has 2 heterocycles. The molecule has 0 radical (unpaired) electrons. The van der Waals surface area contributed by atoms with Gasteiger partial charge in [0.05, 0.1) is 7.11 Å². The molecule has 2 amide bonds. The third-order valence-corrected chi connectivity index (χ3v) is 5.42. The van der Waals surface area contributed by atoms with Crippen molar-refractivity contribution in [3.8, 4) is 5.75 Å². The van der Waals surface area contributed by atoms with Gasteiger partial charge in [-0.1, -0.05) is 32.0 Å². The van der Waals surface area contributed by atoms with Gasteiger partial charge in [-0.2, -0.15) is 0 Å². The Hall–Kier alpha value is -2.08. The second-order valence-corrected chi connectivity index (χ2v) is 7.81. The van der Waals surface area contributed by atoms with E-state index in [2.05, 4.69) is 35.4 Å². The monoisotopic (exact) mass is 359 g/mol. The molecule has 0 bridgehead atoms. The van der Waals surface area contributed by atoms with Crippen LogP contribution in [0.3, 0.4) is 0 Å². The summed E-state index contributed by atoms with van der Waals surface area (Å²) in [6.07, 6.45) is 1.94. The quantitative estimate of drug-likeness (QED) is 0.839. The average Bonchev–Trinajstić information content (AvgIpc) is 2.62. The lowest BCUT2D eigenvalue weighted by molar-refractivity contribution is -0.144. The smallest absolute Gasteiger partial charge is 0.246 e. The normalized spacial score (nSPS) is 23.0. The van der Waals surface area contributed by atoms with Gasteiger partial charge in [0, 0.05) is 25.2 Å². The van der Waals surface area contributed by atoms with Crippen molar-refractivity contribution >= 4 is 11.8 Å². The van der Waals surface area contributed by atoms with Crippen LogP contribution >= 0.6 is 0 Å². The van der Waals surface area contributed by atoms with Gasteiger partial charge < -0.3 is 15.4 Å². The molecule has 2 fully saturated rings. The highest BCUT2D eigenvalue weighted by atomic mass is 16.5. The first kappa shape index (κ1) is 18.7. The molecule has 2 aliphatic rings. The van der Waals surface area contributed by atoms with Crippen LogP contribution in [0.15, 0.2) is 24.3 Å². The molecule has 142 valence electrons. The van der Waals surface area contributed by atoms with E-state index in [-0.39, 0.29) is 11.8 Å². The van der Waals surface area contributed by atoms with E-state index in [9.17, 15) is 9.59 Å². The molecule has 1 aromatic rings. The maximum atomic E-state index is 12.7. The van der Waals surface area contributed by atoms with Crippen LogP contribution in [0.5, 0.6) is 5.75 Å². The van der Waals surface area contributed by atoms with Gasteiger partial charge in [0.15, 0.2) is 0 Å². The highest BCUT2D eigenvalue weighted by Gasteiger charge is 2.47. The number of ether oxygens (including phenoxy) is 1. The van der Waals surface area contributed by atoms with Crippen LogP contribution in [-0.4, -0.2) is 48.5 Å². The number of piperidine rings is 1. The first-order valence-electron chi connectivity index (χ1n) is 9.41. The largest absolute Gasteiger partial charge is 0.496 e. The fourth-order valence-corrected chi connectivity index (χ4v) is 3.90. The van der Waals surface area contributed by atoms with Gasteiger partial charge in [0.25, 0.3) is 0 Å². The van der Waals surface area contributed by atoms with Crippen molar-refractivity contribution in [1.82, 2.24) is 15.5 Å². The third kappa shape index (κ3) is 3.85. The molecule has 26 heavy (non-hydrogen) atoms. The minimum absolute atomic E-state index is 0.0281. The summed E-state index contributed by atoms with van der Waals surface area (Å²) < 4.78 is 5.42. The van der Waals surface area contributed by atoms with Crippen molar-refractivity contribution in [2.75, 3.05) is 20.2 Å².